The maximum absolute atomic E-state index is 13.3. The van der Waals surface area contributed by atoms with Crippen molar-refractivity contribution < 1.29 is 18.0 Å². The van der Waals surface area contributed by atoms with Crippen LogP contribution in [0.4, 0.5) is 18.9 Å². The van der Waals surface area contributed by atoms with Crippen molar-refractivity contribution in [3.63, 3.8) is 0 Å². The van der Waals surface area contributed by atoms with Gasteiger partial charge in [0.25, 0.3) is 0 Å². The number of carbonyl (C=O) groups is 1. The third kappa shape index (κ3) is 3.01. The molecule has 0 saturated carbocycles. The Morgan fingerprint density at radius 2 is 2.00 bits per heavy atom. The van der Waals surface area contributed by atoms with Crippen LogP contribution in [0.1, 0.15) is 19.3 Å². The summed E-state index contributed by atoms with van der Waals surface area (Å²) in [5, 5.41) is 5.24. The third-order valence-electron chi connectivity index (χ3n) is 2.87. The average Bonchev–Trinajstić information content (AvgIpc) is 2.76. The molecule has 1 atom stereocenters. The second-order valence-corrected chi connectivity index (χ2v) is 4.29. The Morgan fingerprint density at radius 1 is 1.33 bits per heavy atom. The van der Waals surface area contributed by atoms with Gasteiger partial charge in [-0.2, -0.15) is 0 Å². The zero-order valence-electron chi connectivity index (χ0n) is 9.60. The highest BCUT2D eigenvalue weighted by Gasteiger charge is 2.20. The fourth-order valence-electron chi connectivity index (χ4n) is 2.01. The Balaban J connectivity index is 2.02. The first-order valence-electron chi connectivity index (χ1n) is 5.74. The largest absolute Gasteiger partial charge is 0.321 e. The highest BCUT2D eigenvalue weighted by atomic mass is 19.1. The van der Waals surface area contributed by atoms with Gasteiger partial charge in [-0.05, 0) is 19.4 Å². The van der Waals surface area contributed by atoms with Crippen molar-refractivity contribution in [2.24, 2.45) is 0 Å². The molecule has 6 heteroatoms. The van der Waals surface area contributed by atoms with E-state index >= 15 is 0 Å². The maximum Gasteiger partial charge on any atom is 0.226 e. The molecule has 1 amide bonds. The highest BCUT2D eigenvalue weighted by Crippen LogP contribution is 2.20. The molecular formula is C12H13F3N2O. The van der Waals surface area contributed by atoms with E-state index in [9.17, 15) is 18.0 Å². The number of hydrogen-bond acceptors (Lipinski definition) is 2. The van der Waals surface area contributed by atoms with Crippen LogP contribution < -0.4 is 10.6 Å². The van der Waals surface area contributed by atoms with Crippen molar-refractivity contribution in [1.29, 1.82) is 0 Å². The summed E-state index contributed by atoms with van der Waals surface area (Å²) in [6.07, 6.45) is 2.00. The van der Waals surface area contributed by atoms with E-state index in [1.807, 2.05) is 0 Å². The van der Waals surface area contributed by atoms with Gasteiger partial charge in [0.2, 0.25) is 5.91 Å². The molecule has 3 nitrogen and oxygen atoms in total. The van der Waals surface area contributed by atoms with Crippen LogP contribution in [0.5, 0.6) is 0 Å². The fourth-order valence-corrected chi connectivity index (χ4v) is 2.01. The van der Waals surface area contributed by atoms with E-state index in [1.165, 1.54) is 0 Å². The molecule has 1 aromatic carbocycles. The van der Waals surface area contributed by atoms with Crippen molar-refractivity contribution in [3.05, 3.63) is 29.6 Å². The Bertz CT molecular complexity index is 436. The summed E-state index contributed by atoms with van der Waals surface area (Å²) in [6.45, 7) is 0.844. The second kappa shape index (κ2) is 5.39. The predicted octanol–water partition coefficient (Wildman–Crippen LogP) is 2.18. The lowest BCUT2D eigenvalue weighted by atomic mass is 10.1. The van der Waals surface area contributed by atoms with E-state index in [1.54, 1.807) is 0 Å². The first kappa shape index (κ1) is 12.9. The van der Waals surface area contributed by atoms with Crippen LogP contribution in [0.2, 0.25) is 0 Å². The van der Waals surface area contributed by atoms with Crippen LogP contribution in [-0.4, -0.2) is 18.5 Å². The van der Waals surface area contributed by atoms with Crippen LogP contribution in [0, 0.1) is 17.5 Å². The highest BCUT2D eigenvalue weighted by molar-refractivity contribution is 5.91. The van der Waals surface area contributed by atoms with Crippen LogP contribution in [-0.2, 0) is 4.79 Å². The lowest BCUT2D eigenvalue weighted by Crippen LogP contribution is -2.28. The lowest BCUT2D eigenvalue weighted by Gasteiger charge is -2.11. The zero-order chi connectivity index (χ0) is 13.1. The van der Waals surface area contributed by atoms with Crippen LogP contribution in [0.3, 0.4) is 0 Å². The van der Waals surface area contributed by atoms with Crippen molar-refractivity contribution in [2.45, 2.75) is 25.3 Å². The second-order valence-electron chi connectivity index (χ2n) is 4.29. The molecule has 98 valence electrons. The standard InChI is InChI=1S/C12H13F3N2O/c13-7-4-9(14)12(10(15)5-7)17-11(18)6-8-2-1-3-16-8/h4-5,8,16H,1-3,6H2,(H,17,18). The number of rotatable bonds is 3. The van der Waals surface area contributed by atoms with Gasteiger partial charge in [0, 0.05) is 24.6 Å². The predicted molar refractivity (Wildman–Crippen MR) is 60.6 cm³/mol. The molecule has 0 aromatic heterocycles. The van der Waals surface area contributed by atoms with Gasteiger partial charge in [0.05, 0.1) is 0 Å². The Morgan fingerprint density at radius 3 is 2.56 bits per heavy atom. The van der Waals surface area contributed by atoms with E-state index in [2.05, 4.69) is 10.6 Å². The first-order chi connectivity index (χ1) is 8.56. The van der Waals surface area contributed by atoms with Gasteiger partial charge in [-0.3, -0.25) is 4.79 Å². The van der Waals surface area contributed by atoms with E-state index in [-0.39, 0.29) is 12.5 Å². The molecular weight excluding hydrogens is 245 g/mol. The Kier molecular flexibility index (Phi) is 3.86. The average molecular weight is 258 g/mol. The Labute approximate surface area is 102 Å². The number of hydrogen-bond donors (Lipinski definition) is 2. The molecule has 1 fully saturated rings. The summed E-state index contributed by atoms with van der Waals surface area (Å²) in [4.78, 5) is 11.6. The van der Waals surface area contributed by atoms with Gasteiger partial charge in [-0.15, -0.1) is 0 Å². The topological polar surface area (TPSA) is 41.1 Å². The summed E-state index contributed by atoms with van der Waals surface area (Å²) < 4.78 is 39.2. The SMILES string of the molecule is O=C(CC1CCCN1)Nc1c(F)cc(F)cc1F. The fraction of sp³-hybridized carbons (Fsp3) is 0.417. The summed E-state index contributed by atoms with van der Waals surface area (Å²) in [5.74, 6) is -3.72. The van der Waals surface area contributed by atoms with E-state index in [0.717, 1.165) is 19.4 Å². The minimum atomic E-state index is -1.11. The quantitative estimate of drug-likeness (QED) is 0.872. The molecule has 1 aliphatic heterocycles. The summed E-state index contributed by atoms with van der Waals surface area (Å²) >= 11 is 0. The van der Waals surface area contributed by atoms with Gasteiger partial charge < -0.3 is 10.6 Å². The molecule has 0 radical (unpaired) electrons. The van der Waals surface area contributed by atoms with E-state index in [4.69, 9.17) is 0 Å². The summed E-state index contributed by atoms with van der Waals surface area (Å²) in [6, 6.07) is 1.11. The zero-order valence-corrected chi connectivity index (χ0v) is 9.60. The van der Waals surface area contributed by atoms with Gasteiger partial charge in [0.1, 0.15) is 11.5 Å². The summed E-state index contributed by atoms with van der Waals surface area (Å²) in [5.41, 5.74) is -0.598. The summed E-state index contributed by atoms with van der Waals surface area (Å²) in [7, 11) is 0. The minimum absolute atomic E-state index is 0.0385. The van der Waals surface area contributed by atoms with Crippen molar-refractivity contribution in [1.82, 2.24) is 5.32 Å². The molecule has 0 aliphatic carbocycles. The number of amides is 1. The lowest BCUT2D eigenvalue weighted by molar-refractivity contribution is -0.116. The number of benzene rings is 1. The first-order valence-corrected chi connectivity index (χ1v) is 5.74. The van der Waals surface area contributed by atoms with Crippen molar-refractivity contribution in [2.75, 3.05) is 11.9 Å². The molecule has 0 bridgehead atoms. The van der Waals surface area contributed by atoms with Gasteiger partial charge in [-0.25, -0.2) is 13.2 Å². The number of nitrogens with one attached hydrogen (secondary N) is 2. The Hall–Kier alpha value is -1.56. The van der Waals surface area contributed by atoms with Crippen LogP contribution >= 0.6 is 0 Å². The van der Waals surface area contributed by atoms with Gasteiger partial charge in [0.15, 0.2) is 11.6 Å². The smallest absolute Gasteiger partial charge is 0.226 e. The van der Waals surface area contributed by atoms with Crippen molar-refractivity contribution in [3.8, 4) is 0 Å². The van der Waals surface area contributed by atoms with Gasteiger partial charge >= 0.3 is 0 Å². The molecule has 1 aliphatic rings. The van der Waals surface area contributed by atoms with Crippen LogP contribution in [0.15, 0.2) is 12.1 Å². The third-order valence-corrected chi connectivity index (χ3v) is 2.87. The monoisotopic (exact) mass is 258 g/mol. The van der Waals surface area contributed by atoms with E-state index in [0.29, 0.717) is 12.1 Å². The molecule has 1 saturated heterocycles. The normalized spacial score (nSPS) is 18.9. The van der Waals surface area contributed by atoms with Crippen LogP contribution in [0.25, 0.3) is 0 Å². The molecule has 1 heterocycles. The number of anilines is 1. The molecule has 18 heavy (non-hydrogen) atoms. The molecule has 2 rings (SSSR count). The van der Waals surface area contributed by atoms with Gasteiger partial charge in [-0.1, -0.05) is 0 Å². The molecule has 2 N–H and O–H groups in total. The molecule has 1 aromatic rings. The maximum atomic E-state index is 13.3. The molecule has 0 spiro atoms. The minimum Gasteiger partial charge on any atom is -0.321 e. The van der Waals surface area contributed by atoms with Crippen molar-refractivity contribution >= 4 is 11.6 Å². The number of halogens is 3. The molecule has 1 unspecified atom stereocenters. The number of carbonyl (C=O) groups excluding carboxylic acids is 1. The van der Waals surface area contributed by atoms with E-state index < -0.39 is 29.0 Å².